The second kappa shape index (κ2) is 8.45. The molecule has 4 rings (SSSR count). The lowest BCUT2D eigenvalue weighted by Gasteiger charge is -2.13. The lowest BCUT2D eigenvalue weighted by Crippen LogP contribution is -2.10. The summed E-state index contributed by atoms with van der Waals surface area (Å²) < 4.78 is 7.59. The predicted octanol–water partition coefficient (Wildman–Crippen LogP) is 4.25. The van der Waals surface area contributed by atoms with Crippen LogP contribution in [-0.4, -0.2) is 40.7 Å². The summed E-state index contributed by atoms with van der Waals surface area (Å²) in [5, 5.41) is 8.60. The van der Waals surface area contributed by atoms with Crippen LogP contribution in [-0.2, 0) is 19.4 Å². The van der Waals surface area contributed by atoms with Crippen LogP contribution in [0.3, 0.4) is 0 Å². The number of pyridine rings is 1. The van der Waals surface area contributed by atoms with Crippen molar-refractivity contribution in [1.29, 1.82) is 0 Å². The lowest BCUT2D eigenvalue weighted by atomic mass is 10.0. The normalized spacial score (nSPS) is 11.3. The van der Waals surface area contributed by atoms with Crippen molar-refractivity contribution in [3.8, 4) is 16.9 Å². The molecule has 0 saturated carbocycles. The van der Waals surface area contributed by atoms with E-state index in [-0.39, 0.29) is 0 Å². The first kappa shape index (κ1) is 19.2. The first-order valence-corrected chi connectivity index (χ1v) is 9.83. The van der Waals surface area contributed by atoms with E-state index in [1.165, 1.54) is 22.4 Å². The van der Waals surface area contributed by atoms with Gasteiger partial charge in [0.1, 0.15) is 12.1 Å². The highest BCUT2D eigenvalue weighted by Crippen LogP contribution is 2.27. The van der Waals surface area contributed by atoms with Crippen molar-refractivity contribution in [2.45, 2.75) is 19.4 Å². The van der Waals surface area contributed by atoms with Crippen molar-refractivity contribution >= 4 is 5.65 Å². The van der Waals surface area contributed by atoms with Crippen molar-refractivity contribution in [2.75, 3.05) is 21.2 Å². The Morgan fingerprint density at radius 3 is 2.66 bits per heavy atom. The molecule has 2 aromatic heterocycles. The second-order valence-electron chi connectivity index (χ2n) is 7.51. The van der Waals surface area contributed by atoms with E-state index < -0.39 is 0 Å². The fourth-order valence-electron chi connectivity index (χ4n) is 3.77. The first-order chi connectivity index (χ1) is 14.2. The van der Waals surface area contributed by atoms with Crippen LogP contribution in [0.15, 0.2) is 67.0 Å². The summed E-state index contributed by atoms with van der Waals surface area (Å²) in [6.07, 6.45) is 3.59. The van der Waals surface area contributed by atoms with E-state index in [1.807, 2.05) is 12.1 Å². The Morgan fingerprint density at radius 1 is 0.966 bits per heavy atom. The molecule has 0 N–H and O–H groups in total. The van der Waals surface area contributed by atoms with E-state index in [9.17, 15) is 0 Å². The van der Waals surface area contributed by atoms with Gasteiger partial charge in [0.25, 0.3) is 0 Å². The van der Waals surface area contributed by atoms with Crippen molar-refractivity contribution in [3.63, 3.8) is 0 Å². The van der Waals surface area contributed by atoms with Gasteiger partial charge in [0.05, 0.1) is 7.11 Å². The number of hydrogen-bond donors (Lipinski definition) is 0. The number of aromatic nitrogens is 3. The molecule has 0 amide bonds. The molecule has 0 aliphatic carbocycles. The summed E-state index contributed by atoms with van der Waals surface area (Å²) >= 11 is 0. The van der Waals surface area contributed by atoms with Crippen LogP contribution in [0.4, 0.5) is 0 Å². The average Bonchev–Trinajstić information content (AvgIpc) is 3.22. The van der Waals surface area contributed by atoms with E-state index in [0.29, 0.717) is 0 Å². The van der Waals surface area contributed by atoms with Gasteiger partial charge < -0.3 is 9.64 Å². The third-order valence-electron chi connectivity index (χ3n) is 5.12. The van der Waals surface area contributed by atoms with Crippen LogP contribution in [0.1, 0.15) is 16.8 Å². The van der Waals surface area contributed by atoms with Crippen LogP contribution < -0.4 is 4.74 Å². The van der Waals surface area contributed by atoms with E-state index in [2.05, 4.69) is 82.1 Å². The SMILES string of the molecule is COc1ccccc1CCc1ccc(-c2cccc(CN(C)C)c2)c2nncn12. The van der Waals surface area contributed by atoms with E-state index in [4.69, 9.17) is 4.74 Å². The molecule has 0 aliphatic rings. The first-order valence-electron chi connectivity index (χ1n) is 9.83. The minimum Gasteiger partial charge on any atom is -0.496 e. The summed E-state index contributed by atoms with van der Waals surface area (Å²) in [5.74, 6) is 0.932. The number of fused-ring (bicyclic) bond motifs is 1. The third kappa shape index (κ3) is 4.15. The number of hydrogen-bond acceptors (Lipinski definition) is 4. The molecule has 0 spiro atoms. The Labute approximate surface area is 171 Å². The molecule has 0 saturated heterocycles. The zero-order valence-electron chi connectivity index (χ0n) is 17.2. The number of para-hydroxylation sites is 1. The Hall–Kier alpha value is -3.18. The quantitative estimate of drug-likeness (QED) is 0.476. The summed E-state index contributed by atoms with van der Waals surface area (Å²) in [4.78, 5) is 2.17. The van der Waals surface area contributed by atoms with Gasteiger partial charge in [-0.2, -0.15) is 0 Å². The Kier molecular flexibility index (Phi) is 5.58. The molecule has 0 fully saturated rings. The van der Waals surface area contributed by atoms with Crippen molar-refractivity contribution in [2.24, 2.45) is 0 Å². The standard InChI is InChI=1S/C24H26N4O/c1-27(2)16-18-7-6-9-20(15-18)22-14-13-21(28-17-25-26-24(22)28)12-11-19-8-4-5-10-23(19)29-3/h4-10,13-15,17H,11-12,16H2,1-3H3. The highest BCUT2D eigenvalue weighted by Gasteiger charge is 2.11. The monoisotopic (exact) mass is 386 g/mol. The van der Waals surface area contributed by atoms with E-state index >= 15 is 0 Å². The lowest BCUT2D eigenvalue weighted by molar-refractivity contribution is 0.402. The molecule has 29 heavy (non-hydrogen) atoms. The number of methoxy groups -OCH3 is 1. The number of benzene rings is 2. The second-order valence-corrected chi connectivity index (χ2v) is 7.51. The molecule has 5 heteroatoms. The Bertz CT molecular complexity index is 1120. The number of ether oxygens (including phenoxy) is 1. The van der Waals surface area contributed by atoms with Crippen molar-refractivity contribution < 1.29 is 4.74 Å². The zero-order chi connectivity index (χ0) is 20.2. The molecular formula is C24H26N4O. The molecule has 148 valence electrons. The topological polar surface area (TPSA) is 42.7 Å². The third-order valence-corrected chi connectivity index (χ3v) is 5.12. The van der Waals surface area contributed by atoms with Crippen LogP contribution in [0.2, 0.25) is 0 Å². The van der Waals surface area contributed by atoms with Crippen molar-refractivity contribution in [3.05, 3.63) is 83.8 Å². The van der Waals surface area contributed by atoms with Gasteiger partial charge in [-0.05, 0) is 67.9 Å². The maximum absolute atomic E-state index is 5.49. The minimum absolute atomic E-state index is 0.885. The van der Waals surface area contributed by atoms with E-state index in [0.717, 1.165) is 36.3 Å². The highest BCUT2D eigenvalue weighted by molar-refractivity contribution is 5.77. The van der Waals surface area contributed by atoms with Gasteiger partial charge in [-0.1, -0.05) is 36.4 Å². The maximum Gasteiger partial charge on any atom is 0.168 e. The van der Waals surface area contributed by atoms with Gasteiger partial charge in [-0.15, -0.1) is 10.2 Å². The summed E-state index contributed by atoms with van der Waals surface area (Å²) in [7, 11) is 5.88. The van der Waals surface area contributed by atoms with Gasteiger partial charge in [-0.25, -0.2) is 0 Å². The number of nitrogens with zero attached hydrogens (tertiary/aromatic N) is 4. The highest BCUT2D eigenvalue weighted by atomic mass is 16.5. The Balaban J connectivity index is 1.64. The maximum atomic E-state index is 5.49. The molecule has 0 aliphatic heterocycles. The molecule has 5 nitrogen and oxygen atoms in total. The van der Waals surface area contributed by atoms with Crippen LogP contribution in [0.5, 0.6) is 5.75 Å². The summed E-state index contributed by atoms with van der Waals surface area (Å²) in [5.41, 5.74) is 6.83. The number of rotatable bonds is 7. The molecule has 4 aromatic rings. The average molecular weight is 386 g/mol. The van der Waals surface area contributed by atoms with E-state index in [1.54, 1.807) is 13.4 Å². The molecular weight excluding hydrogens is 360 g/mol. The predicted molar refractivity (Wildman–Crippen MR) is 116 cm³/mol. The zero-order valence-corrected chi connectivity index (χ0v) is 17.2. The summed E-state index contributed by atoms with van der Waals surface area (Å²) in [6.45, 7) is 0.911. The smallest absolute Gasteiger partial charge is 0.168 e. The van der Waals surface area contributed by atoms with Gasteiger partial charge in [0, 0.05) is 17.8 Å². The Morgan fingerprint density at radius 2 is 1.83 bits per heavy atom. The van der Waals surface area contributed by atoms with Crippen LogP contribution in [0.25, 0.3) is 16.8 Å². The van der Waals surface area contributed by atoms with Gasteiger partial charge in [-0.3, -0.25) is 4.40 Å². The molecule has 0 unspecified atom stereocenters. The largest absolute Gasteiger partial charge is 0.496 e. The van der Waals surface area contributed by atoms with Gasteiger partial charge in [0.2, 0.25) is 0 Å². The van der Waals surface area contributed by atoms with Gasteiger partial charge in [0.15, 0.2) is 5.65 Å². The minimum atomic E-state index is 0.885. The molecule has 2 aromatic carbocycles. The van der Waals surface area contributed by atoms with Gasteiger partial charge >= 0.3 is 0 Å². The molecule has 0 radical (unpaired) electrons. The van der Waals surface area contributed by atoms with Crippen LogP contribution >= 0.6 is 0 Å². The molecule has 0 atom stereocenters. The molecule has 0 bridgehead atoms. The fourth-order valence-corrected chi connectivity index (χ4v) is 3.77. The molecule has 2 heterocycles. The fraction of sp³-hybridized carbons (Fsp3) is 0.250. The van der Waals surface area contributed by atoms with Crippen LogP contribution in [0, 0.1) is 0 Å². The summed E-state index contributed by atoms with van der Waals surface area (Å²) in [6, 6.07) is 21.2. The van der Waals surface area contributed by atoms with Crippen molar-refractivity contribution in [1.82, 2.24) is 19.5 Å². The number of aryl methyl sites for hydroxylation is 2.